The summed E-state index contributed by atoms with van der Waals surface area (Å²) >= 11 is 0. The number of primary amides is 1. The topological polar surface area (TPSA) is 88.4 Å². The zero-order chi connectivity index (χ0) is 26.2. The average molecular weight is 501 g/mol. The Balaban J connectivity index is 1.97. The molecule has 3 rings (SSSR count). The number of ether oxygens (including phenoxy) is 1. The van der Waals surface area contributed by atoms with Crippen molar-refractivity contribution in [1.29, 1.82) is 0 Å². The first kappa shape index (κ1) is 25.9. The molecule has 12 heteroatoms. The van der Waals surface area contributed by atoms with Crippen LogP contribution in [0.1, 0.15) is 30.5 Å². The number of halogens is 6. The maximum Gasteiger partial charge on any atom is 0.416 e. The number of rotatable bonds is 6. The fraction of sp³-hybridized carbons (Fsp3) is 0.304. The molecule has 0 bridgehead atoms. The SMILES string of the molecule is CCN(C(=O)OC(C)(Cc1c[nH]c2ccccc12)C(N)=O)c1cc(C(F)(F)F)cc(C(F)(F)F)c1. The van der Waals surface area contributed by atoms with Gasteiger partial charge < -0.3 is 15.5 Å². The summed E-state index contributed by atoms with van der Waals surface area (Å²) in [5.41, 5.74) is 0.946. The molecule has 0 radical (unpaired) electrons. The van der Waals surface area contributed by atoms with Gasteiger partial charge in [0.15, 0.2) is 5.60 Å². The van der Waals surface area contributed by atoms with Gasteiger partial charge in [-0.25, -0.2) is 4.79 Å². The van der Waals surface area contributed by atoms with Gasteiger partial charge in [-0.1, -0.05) is 18.2 Å². The number of alkyl halides is 6. The van der Waals surface area contributed by atoms with Crippen molar-refractivity contribution in [2.45, 2.75) is 38.2 Å². The van der Waals surface area contributed by atoms with Crippen molar-refractivity contribution in [2.24, 2.45) is 5.73 Å². The maximum absolute atomic E-state index is 13.3. The largest absolute Gasteiger partial charge is 0.432 e. The summed E-state index contributed by atoms with van der Waals surface area (Å²) in [7, 11) is 0. The van der Waals surface area contributed by atoms with E-state index in [1.165, 1.54) is 13.8 Å². The van der Waals surface area contributed by atoms with Gasteiger partial charge in [-0.2, -0.15) is 26.3 Å². The van der Waals surface area contributed by atoms with E-state index in [0.29, 0.717) is 22.6 Å². The number of hydrogen-bond donors (Lipinski definition) is 2. The van der Waals surface area contributed by atoms with Crippen molar-refractivity contribution in [2.75, 3.05) is 11.4 Å². The predicted octanol–water partition coefficient (Wildman–Crippen LogP) is 5.66. The molecule has 0 aliphatic rings. The minimum atomic E-state index is -5.10. The molecule has 0 saturated heterocycles. The van der Waals surface area contributed by atoms with Gasteiger partial charge in [0.1, 0.15) is 0 Å². The van der Waals surface area contributed by atoms with Gasteiger partial charge in [0, 0.05) is 35.8 Å². The van der Waals surface area contributed by atoms with Crippen molar-refractivity contribution >= 4 is 28.6 Å². The lowest BCUT2D eigenvalue weighted by Gasteiger charge is -2.30. The summed E-state index contributed by atoms with van der Waals surface area (Å²) in [6.07, 6.45) is -10.1. The highest BCUT2D eigenvalue weighted by atomic mass is 19.4. The molecular weight excluding hydrogens is 480 g/mol. The quantitative estimate of drug-likeness (QED) is 0.428. The molecule has 1 aromatic heterocycles. The Morgan fingerprint density at radius 1 is 1.00 bits per heavy atom. The van der Waals surface area contributed by atoms with Gasteiger partial charge in [-0.3, -0.25) is 9.69 Å². The standard InChI is InChI=1S/C23H21F6N3O3/c1-3-32(16-9-14(22(24,25)26)8-15(10-16)23(27,28)29)20(34)35-21(2,19(30)33)11-13-12-31-18-7-5-4-6-17(13)18/h4-10,12,31H,3,11H2,1-2H3,(H2,30,33). The van der Waals surface area contributed by atoms with E-state index < -0.39 is 46.8 Å². The molecule has 0 spiro atoms. The van der Waals surface area contributed by atoms with E-state index in [2.05, 4.69) is 4.98 Å². The number of carbonyl (C=O) groups excluding carboxylic acids is 2. The van der Waals surface area contributed by atoms with Gasteiger partial charge in [-0.15, -0.1) is 0 Å². The Labute approximate surface area is 195 Å². The number of nitrogens with two attached hydrogens (primary N) is 1. The summed E-state index contributed by atoms with van der Waals surface area (Å²) in [6, 6.07) is 7.81. The molecule has 2 aromatic carbocycles. The van der Waals surface area contributed by atoms with E-state index in [9.17, 15) is 35.9 Å². The van der Waals surface area contributed by atoms with Crippen molar-refractivity contribution < 1.29 is 40.7 Å². The maximum atomic E-state index is 13.3. The molecule has 3 N–H and O–H groups in total. The number of hydrogen-bond acceptors (Lipinski definition) is 3. The lowest BCUT2D eigenvalue weighted by atomic mass is 9.95. The molecule has 0 fully saturated rings. The molecule has 1 atom stereocenters. The van der Waals surface area contributed by atoms with Crippen LogP contribution in [0.3, 0.4) is 0 Å². The number of aromatic nitrogens is 1. The monoisotopic (exact) mass is 501 g/mol. The van der Waals surface area contributed by atoms with Crippen LogP contribution in [0.2, 0.25) is 0 Å². The molecule has 0 aliphatic carbocycles. The first-order chi connectivity index (χ1) is 16.2. The van der Waals surface area contributed by atoms with E-state index in [4.69, 9.17) is 10.5 Å². The van der Waals surface area contributed by atoms with Crippen LogP contribution in [-0.2, 0) is 28.3 Å². The third kappa shape index (κ3) is 5.52. The van der Waals surface area contributed by atoms with Crippen LogP contribution >= 0.6 is 0 Å². The first-order valence-electron chi connectivity index (χ1n) is 10.3. The van der Waals surface area contributed by atoms with Crippen LogP contribution in [0.15, 0.2) is 48.7 Å². The van der Waals surface area contributed by atoms with Crippen LogP contribution in [-0.4, -0.2) is 29.1 Å². The van der Waals surface area contributed by atoms with Crippen LogP contribution in [0.5, 0.6) is 0 Å². The second-order valence-electron chi connectivity index (χ2n) is 8.01. The van der Waals surface area contributed by atoms with Crippen LogP contribution in [0.4, 0.5) is 36.8 Å². The normalized spacial score (nSPS) is 13.9. The number of carbonyl (C=O) groups is 2. The zero-order valence-electron chi connectivity index (χ0n) is 18.6. The second kappa shape index (κ2) is 9.16. The molecule has 0 saturated carbocycles. The molecule has 35 heavy (non-hydrogen) atoms. The Kier molecular flexibility index (Phi) is 6.78. The molecule has 1 unspecified atom stereocenters. The Hall–Kier alpha value is -3.70. The highest BCUT2D eigenvalue weighted by Gasteiger charge is 2.40. The number of nitrogens with zero attached hydrogens (tertiary/aromatic N) is 1. The number of para-hydroxylation sites is 1. The molecule has 6 nitrogen and oxygen atoms in total. The van der Waals surface area contributed by atoms with Crippen molar-refractivity contribution in [1.82, 2.24) is 4.98 Å². The highest BCUT2D eigenvalue weighted by molar-refractivity contribution is 5.93. The fourth-order valence-corrected chi connectivity index (χ4v) is 3.57. The van der Waals surface area contributed by atoms with Crippen LogP contribution in [0.25, 0.3) is 10.9 Å². The van der Waals surface area contributed by atoms with Gasteiger partial charge in [0.05, 0.1) is 11.1 Å². The van der Waals surface area contributed by atoms with Crippen LogP contribution < -0.4 is 10.6 Å². The second-order valence-corrected chi connectivity index (χ2v) is 8.01. The lowest BCUT2D eigenvalue weighted by Crippen LogP contribution is -2.49. The molecule has 3 aromatic rings. The zero-order valence-corrected chi connectivity index (χ0v) is 18.6. The lowest BCUT2D eigenvalue weighted by molar-refractivity contribution is -0.143. The van der Waals surface area contributed by atoms with E-state index >= 15 is 0 Å². The summed E-state index contributed by atoms with van der Waals surface area (Å²) in [4.78, 5) is 28.7. The molecule has 188 valence electrons. The van der Waals surface area contributed by atoms with Crippen molar-refractivity contribution in [3.63, 3.8) is 0 Å². The van der Waals surface area contributed by atoms with Gasteiger partial charge in [0.25, 0.3) is 5.91 Å². The average Bonchev–Trinajstić information content (AvgIpc) is 3.15. The van der Waals surface area contributed by atoms with Gasteiger partial charge in [-0.05, 0) is 43.7 Å². The number of fused-ring (bicyclic) bond motifs is 1. The number of anilines is 1. The smallest absolute Gasteiger partial charge is 0.416 e. The Morgan fingerprint density at radius 3 is 2.09 bits per heavy atom. The number of nitrogens with one attached hydrogen (secondary N) is 1. The van der Waals surface area contributed by atoms with E-state index in [1.54, 1.807) is 30.5 Å². The first-order valence-corrected chi connectivity index (χ1v) is 10.3. The number of benzene rings is 2. The molecule has 2 amide bonds. The summed E-state index contributed by atoms with van der Waals surface area (Å²) < 4.78 is 84.8. The van der Waals surface area contributed by atoms with Gasteiger partial charge >= 0.3 is 18.4 Å². The van der Waals surface area contributed by atoms with E-state index in [0.717, 1.165) is 10.9 Å². The van der Waals surface area contributed by atoms with Gasteiger partial charge in [0.2, 0.25) is 0 Å². The predicted molar refractivity (Wildman–Crippen MR) is 116 cm³/mol. The summed E-state index contributed by atoms with van der Waals surface area (Å²) in [6.45, 7) is 2.20. The molecule has 0 aliphatic heterocycles. The number of aromatic amines is 1. The Bertz CT molecular complexity index is 1220. The minimum Gasteiger partial charge on any atom is -0.432 e. The highest BCUT2D eigenvalue weighted by Crippen LogP contribution is 2.38. The molecule has 1 heterocycles. The van der Waals surface area contributed by atoms with Crippen molar-refractivity contribution in [3.05, 3.63) is 65.4 Å². The number of amides is 2. The van der Waals surface area contributed by atoms with E-state index in [1.807, 2.05) is 0 Å². The third-order valence-electron chi connectivity index (χ3n) is 5.46. The molecular formula is C23H21F6N3O3. The third-order valence-corrected chi connectivity index (χ3v) is 5.46. The number of H-pyrrole nitrogens is 1. The summed E-state index contributed by atoms with van der Waals surface area (Å²) in [5, 5.41) is 0.719. The minimum absolute atomic E-state index is 0.0484. The van der Waals surface area contributed by atoms with E-state index in [-0.39, 0.29) is 19.0 Å². The summed E-state index contributed by atoms with van der Waals surface area (Å²) in [5.74, 6) is -1.05. The van der Waals surface area contributed by atoms with Crippen molar-refractivity contribution in [3.8, 4) is 0 Å². The fourth-order valence-electron chi connectivity index (χ4n) is 3.57. The van der Waals surface area contributed by atoms with Crippen LogP contribution in [0, 0.1) is 0 Å². The Morgan fingerprint density at radius 2 is 1.57 bits per heavy atom.